The fourth-order valence-corrected chi connectivity index (χ4v) is 1.60. The van der Waals surface area contributed by atoms with Crippen LogP contribution in [0.3, 0.4) is 0 Å². The molecular weight excluding hydrogens is 250 g/mol. The van der Waals surface area contributed by atoms with Gasteiger partial charge < -0.3 is 9.84 Å². The molecule has 0 aromatic carbocycles. The Kier molecular flexibility index (Phi) is 5.97. The first-order chi connectivity index (χ1) is 9.10. The smallest absolute Gasteiger partial charge is 0.287 e. The summed E-state index contributed by atoms with van der Waals surface area (Å²) in [7, 11) is 1.59. The van der Waals surface area contributed by atoms with Gasteiger partial charge in [-0.25, -0.2) is 5.84 Å². The van der Waals surface area contributed by atoms with E-state index in [4.69, 9.17) is 10.4 Å². The van der Waals surface area contributed by atoms with Crippen molar-refractivity contribution in [2.45, 2.75) is 19.9 Å². The van der Waals surface area contributed by atoms with Crippen molar-refractivity contribution in [3.05, 3.63) is 17.5 Å². The maximum Gasteiger partial charge on any atom is 0.287 e. The quantitative estimate of drug-likeness (QED) is 0.340. The number of nitrogens with one attached hydrogen (secondary N) is 2. The zero-order valence-electron chi connectivity index (χ0n) is 11.1. The number of rotatable bonds is 7. The van der Waals surface area contributed by atoms with E-state index >= 15 is 0 Å². The molecule has 1 rings (SSSR count). The van der Waals surface area contributed by atoms with Gasteiger partial charge in [0.2, 0.25) is 5.91 Å². The molecule has 8 nitrogen and oxygen atoms in total. The van der Waals surface area contributed by atoms with Crippen LogP contribution in [0.25, 0.3) is 0 Å². The number of nitrogens with zero attached hydrogens (tertiary/aromatic N) is 2. The number of hydrazine groups is 1. The molecule has 0 atom stereocenters. The molecule has 0 unspecified atom stereocenters. The number of amides is 2. The van der Waals surface area contributed by atoms with Gasteiger partial charge in [0.15, 0.2) is 11.5 Å². The minimum Gasteiger partial charge on any atom is -0.359 e. The fraction of sp³-hybridized carbons (Fsp3) is 0.545. The van der Waals surface area contributed by atoms with Crippen molar-refractivity contribution >= 4 is 11.8 Å². The number of carbonyl (C=O) groups is 2. The van der Waals surface area contributed by atoms with Crippen LogP contribution in [0.1, 0.15) is 29.6 Å². The second-order valence-electron chi connectivity index (χ2n) is 4.04. The van der Waals surface area contributed by atoms with E-state index in [1.807, 2.05) is 17.2 Å². The normalized spacial score (nSPS) is 10.5. The SMILES string of the molecule is CCCN(CC(=O)NC)Cc1cc(C(=O)NN)no1. The van der Waals surface area contributed by atoms with Gasteiger partial charge in [-0.3, -0.25) is 19.9 Å². The summed E-state index contributed by atoms with van der Waals surface area (Å²) in [5.41, 5.74) is 2.09. The predicted molar refractivity (Wildman–Crippen MR) is 67.8 cm³/mol. The Morgan fingerprint density at radius 3 is 2.84 bits per heavy atom. The molecule has 0 saturated heterocycles. The van der Waals surface area contributed by atoms with Gasteiger partial charge in [-0.15, -0.1) is 0 Å². The van der Waals surface area contributed by atoms with Gasteiger partial charge in [0.25, 0.3) is 5.91 Å². The van der Waals surface area contributed by atoms with Crippen molar-refractivity contribution in [1.82, 2.24) is 20.8 Å². The molecule has 1 aromatic heterocycles. The topological polar surface area (TPSA) is 113 Å². The Bertz CT molecular complexity index is 432. The van der Waals surface area contributed by atoms with Crippen LogP contribution in [-0.4, -0.2) is 42.0 Å². The lowest BCUT2D eigenvalue weighted by Gasteiger charge is -2.18. The van der Waals surface area contributed by atoms with Crippen LogP contribution in [0.4, 0.5) is 0 Å². The number of hydrogen-bond acceptors (Lipinski definition) is 6. The highest BCUT2D eigenvalue weighted by molar-refractivity contribution is 5.91. The van der Waals surface area contributed by atoms with Gasteiger partial charge >= 0.3 is 0 Å². The van der Waals surface area contributed by atoms with E-state index in [2.05, 4.69) is 10.5 Å². The largest absolute Gasteiger partial charge is 0.359 e. The molecule has 0 fully saturated rings. The molecule has 1 aromatic rings. The third-order valence-electron chi connectivity index (χ3n) is 2.49. The maximum absolute atomic E-state index is 11.4. The van der Waals surface area contributed by atoms with Crippen LogP contribution >= 0.6 is 0 Å². The Hall–Kier alpha value is -1.93. The summed E-state index contributed by atoms with van der Waals surface area (Å²) in [6.07, 6.45) is 0.904. The van der Waals surface area contributed by atoms with Gasteiger partial charge in [0, 0.05) is 13.1 Å². The summed E-state index contributed by atoms with van der Waals surface area (Å²) in [5, 5.41) is 6.17. The number of nitrogen functional groups attached to an aromatic ring is 1. The van der Waals surface area contributed by atoms with Gasteiger partial charge in [-0.1, -0.05) is 12.1 Å². The van der Waals surface area contributed by atoms with Gasteiger partial charge in [0.1, 0.15) is 0 Å². The molecule has 0 bridgehead atoms. The van der Waals surface area contributed by atoms with E-state index in [1.54, 1.807) is 7.05 Å². The van der Waals surface area contributed by atoms with Gasteiger partial charge in [-0.05, 0) is 13.0 Å². The molecule has 2 amide bonds. The molecular formula is C11H19N5O3. The summed E-state index contributed by atoms with van der Waals surface area (Å²) in [6, 6.07) is 1.51. The molecule has 0 aliphatic carbocycles. The molecule has 0 spiro atoms. The summed E-state index contributed by atoms with van der Waals surface area (Å²) >= 11 is 0. The average molecular weight is 269 g/mol. The van der Waals surface area contributed by atoms with Crippen molar-refractivity contribution in [2.75, 3.05) is 20.1 Å². The highest BCUT2D eigenvalue weighted by Crippen LogP contribution is 2.07. The third kappa shape index (κ3) is 4.68. The van der Waals surface area contributed by atoms with E-state index in [0.29, 0.717) is 12.3 Å². The fourth-order valence-electron chi connectivity index (χ4n) is 1.60. The molecule has 1 heterocycles. The average Bonchev–Trinajstić information content (AvgIpc) is 2.86. The lowest BCUT2D eigenvalue weighted by Crippen LogP contribution is -2.35. The van der Waals surface area contributed by atoms with Crippen LogP contribution in [0, 0.1) is 0 Å². The second kappa shape index (κ2) is 7.49. The van der Waals surface area contributed by atoms with E-state index in [1.165, 1.54) is 6.07 Å². The number of carbonyl (C=O) groups excluding carboxylic acids is 2. The van der Waals surface area contributed by atoms with Crippen molar-refractivity contribution in [3.8, 4) is 0 Å². The monoisotopic (exact) mass is 269 g/mol. The third-order valence-corrected chi connectivity index (χ3v) is 2.49. The summed E-state index contributed by atoms with van der Waals surface area (Å²) in [4.78, 5) is 24.5. The van der Waals surface area contributed by atoms with Crippen molar-refractivity contribution in [2.24, 2.45) is 5.84 Å². The number of nitrogens with two attached hydrogens (primary N) is 1. The summed E-state index contributed by atoms with van der Waals surface area (Å²) in [6.45, 7) is 3.44. The van der Waals surface area contributed by atoms with E-state index in [0.717, 1.165) is 13.0 Å². The molecule has 0 aliphatic rings. The van der Waals surface area contributed by atoms with Crippen molar-refractivity contribution in [1.29, 1.82) is 0 Å². The maximum atomic E-state index is 11.4. The minimum atomic E-state index is -0.511. The van der Waals surface area contributed by atoms with E-state index < -0.39 is 5.91 Å². The van der Waals surface area contributed by atoms with Crippen LogP contribution in [-0.2, 0) is 11.3 Å². The Labute approximate surface area is 111 Å². The first kappa shape index (κ1) is 15.1. The summed E-state index contributed by atoms with van der Waals surface area (Å²) in [5.74, 6) is 4.92. The van der Waals surface area contributed by atoms with Gasteiger partial charge in [-0.2, -0.15) is 0 Å². The van der Waals surface area contributed by atoms with E-state index in [9.17, 15) is 9.59 Å². The Balaban J connectivity index is 2.65. The lowest BCUT2D eigenvalue weighted by atomic mass is 10.3. The van der Waals surface area contributed by atoms with Crippen LogP contribution in [0.2, 0.25) is 0 Å². The molecule has 0 saturated carbocycles. The second-order valence-corrected chi connectivity index (χ2v) is 4.04. The molecule has 8 heteroatoms. The number of hydrogen-bond donors (Lipinski definition) is 3. The zero-order chi connectivity index (χ0) is 14.3. The lowest BCUT2D eigenvalue weighted by molar-refractivity contribution is -0.121. The van der Waals surface area contributed by atoms with E-state index in [-0.39, 0.29) is 18.1 Å². The molecule has 4 N–H and O–H groups in total. The van der Waals surface area contributed by atoms with Crippen molar-refractivity contribution in [3.63, 3.8) is 0 Å². The number of likely N-dealkylation sites (N-methyl/N-ethyl adjacent to an activating group) is 1. The first-order valence-electron chi connectivity index (χ1n) is 6.00. The van der Waals surface area contributed by atoms with Crippen LogP contribution < -0.4 is 16.6 Å². The van der Waals surface area contributed by atoms with Crippen molar-refractivity contribution < 1.29 is 14.1 Å². The number of aromatic nitrogens is 1. The highest BCUT2D eigenvalue weighted by Gasteiger charge is 2.15. The van der Waals surface area contributed by atoms with Gasteiger partial charge in [0.05, 0.1) is 13.1 Å². The Morgan fingerprint density at radius 1 is 1.53 bits per heavy atom. The van der Waals surface area contributed by atoms with Crippen LogP contribution in [0.15, 0.2) is 10.6 Å². The molecule has 19 heavy (non-hydrogen) atoms. The zero-order valence-corrected chi connectivity index (χ0v) is 11.1. The molecule has 0 radical (unpaired) electrons. The standard InChI is InChI=1S/C11H19N5O3/c1-3-4-16(7-10(17)13-2)6-8-5-9(15-19-8)11(18)14-12/h5H,3-4,6-7,12H2,1-2H3,(H,13,17)(H,14,18). The van der Waals surface area contributed by atoms with Crippen LogP contribution in [0.5, 0.6) is 0 Å². The first-order valence-corrected chi connectivity index (χ1v) is 6.00. The predicted octanol–water partition coefficient (Wildman–Crippen LogP) is -0.764. The summed E-state index contributed by atoms with van der Waals surface area (Å²) < 4.78 is 5.04. The minimum absolute atomic E-state index is 0.0760. The highest BCUT2D eigenvalue weighted by atomic mass is 16.5. The molecule has 106 valence electrons. The molecule has 0 aliphatic heterocycles. The Morgan fingerprint density at radius 2 is 2.26 bits per heavy atom.